The van der Waals surface area contributed by atoms with Gasteiger partial charge in [0.25, 0.3) is 0 Å². The first-order valence-electron chi connectivity index (χ1n) is 5.90. The monoisotopic (exact) mass is 311 g/mol. The fraction of sp³-hybridized carbons (Fsp3) is 0.500. The molecule has 5 nitrogen and oxygen atoms in total. The molecule has 0 amide bonds. The van der Waals surface area contributed by atoms with Crippen molar-refractivity contribution >= 4 is 15.9 Å². The lowest BCUT2D eigenvalue weighted by atomic mass is 10.1. The van der Waals surface area contributed by atoms with Crippen LogP contribution in [0.5, 0.6) is 0 Å². The number of aryl methyl sites for hydroxylation is 2. The molecule has 98 valence electrons. The minimum Gasteiger partial charge on any atom is -0.318 e. The van der Waals surface area contributed by atoms with Crippen LogP contribution in [0.25, 0.3) is 0 Å². The van der Waals surface area contributed by atoms with Crippen LogP contribution >= 0.6 is 15.9 Å². The van der Waals surface area contributed by atoms with Crippen LogP contribution in [0.4, 0.5) is 0 Å². The number of rotatable bonds is 3. The van der Waals surface area contributed by atoms with E-state index in [1.165, 1.54) is 0 Å². The lowest BCUT2D eigenvalue weighted by Crippen LogP contribution is -2.21. The van der Waals surface area contributed by atoms with Crippen molar-refractivity contribution in [3.8, 4) is 0 Å². The zero-order valence-corrected chi connectivity index (χ0v) is 12.6. The fourth-order valence-electron chi connectivity index (χ4n) is 2.11. The summed E-state index contributed by atoms with van der Waals surface area (Å²) in [7, 11) is 1.91. The standard InChI is InChI=1S/C12H18BrN5/c1-7(2)18-12(9(13)6-15-18)11(14)10-5-8(3)16-17(10)4/h5-7,11H,14H2,1-4H3. The summed E-state index contributed by atoms with van der Waals surface area (Å²) in [4.78, 5) is 0. The minimum absolute atomic E-state index is 0.240. The summed E-state index contributed by atoms with van der Waals surface area (Å²) < 4.78 is 4.70. The van der Waals surface area contributed by atoms with E-state index in [-0.39, 0.29) is 12.1 Å². The van der Waals surface area contributed by atoms with Crippen LogP contribution in [-0.4, -0.2) is 19.6 Å². The van der Waals surface area contributed by atoms with E-state index in [2.05, 4.69) is 40.0 Å². The maximum absolute atomic E-state index is 6.36. The zero-order chi connectivity index (χ0) is 13.4. The molecule has 0 aliphatic carbocycles. The highest BCUT2D eigenvalue weighted by molar-refractivity contribution is 9.10. The predicted octanol–water partition coefficient (Wildman–Crippen LogP) is 2.32. The molecule has 0 aromatic carbocycles. The fourth-order valence-corrected chi connectivity index (χ4v) is 2.63. The number of hydrogen-bond acceptors (Lipinski definition) is 3. The molecule has 0 aliphatic rings. The van der Waals surface area contributed by atoms with Crippen molar-refractivity contribution < 1.29 is 0 Å². The Morgan fingerprint density at radius 1 is 1.39 bits per heavy atom. The van der Waals surface area contributed by atoms with Crippen molar-refractivity contribution in [1.29, 1.82) is 0 Å². The molecular formula is C12H18BrN5. The van der Waals surface area contributed by atoms with E-state index < -0.39 is 0 Å². The highest BCUT2D eigenvalue weighted by atomic mass is 79.9. The number of halogens is 1. The van der Waals surface area contributed by atoms with Crippen molar-refractivity contribution in [2.24, 2.45) is 12.8 Å². The highest BCUT2D eigenvalue weighted by Gasteiger charge is 2.22. The van der Waals surface area contributed by atoms with Crippen molar-refractivity contribution in [2.45, 2.75) is 32.9 Å². The van der Waals surface area contributed by atoms with E-state index >= 15 is 0 Å². The van der Waals surface area contributed by atoms with Gasteiger partial charge in [-0.15, -0.1) is 0 Å². The third-order valence-electron chi connectivity index (χ3n) is 2.93. The van der Waals surface area contributed by atoms with E-state index in [0.717, 1.165) is 21.6 Å². The summed E-state index contributed by atoms with van der Waals surface area (Å²) in [6.45, 7) is 6.14. The molecule has 2 aromatic heterocycles. The Bertz CT molecular complexity index is 555. The van der Waals surface area contributed by atoms with E-state index in [4.69, 9.17) is 5.73 Å². The smallest absolute Gasteiger partial charge is 0.0905 e. The number of aromatic nitrogens is 4. The van der Waals surface area contributed by atoms with Gasteiger partial charge in [0.05, 0.1) is 33.8 Å². The SMILES string of the molecule is Cc1cc(C(N)c2c(Br)cnn2C(C)C)n(C)n1. The second-order valence-electron chi connectivity index (χ2n) is 4.73. The first kappa shape index (κ1) is 13.3. The number of nitrogens with zero attached hydrogens (tertiary/aromatic N) is 4. The van der Waals surface area contributed by atoms with Crippen molar-refractivity contribution in [3.05, 3.63) is 33.8 Å². The van der Waals surface area contributed by atoms with Crippen LogP contribution in [0.2, 0.25) is 0 Å². The molecule has 0 fully saturated rings. The molecule has 0 spiro atoms. The Hall–Kier alpha value is -1.14. The molecule has 18 heavy (non-hydrogen) atoms. The van der Waals surface area contributed by atoms with Gasteiger partial charge >= 0.3 is 0 Å². The Kier molecular flexibility index (Phi) is 3.59. The van der Waals surface area contributed by atoms with Gasteiger partial charge in [0, 0.05) is 13.1 Å². The van der Waals surface area contributed by atoms with E-state index in [1.54, 1.807) is 6.20 Å². The molecule has 1 atom stereocenters. The molecule has 6 heteroatoms. The summed E-state index contributed by atoms with van der Waals surface area (Å²) >= 11 is 3.52. The summed E-state index contributed by atoms with van der Waals surface area (Å²) in [5.41, 5.74) is 9.29. The average Bonchev–Trinajstić information content (AvgIpc) is 2.81. The van der Waals surface area contributed by atoms with Crippen molar-refractivity contribution in [3.63, 3.8) is 0 Å². The summed E-state index contributed by atoms with van der Waals surface area (Å²) in [5, 5.41) is 8.70. The lowest BCUT2D eigenvalue weighted by molar-refractivity contribution is 0.492. The Balaban J connectivity index is 2.48. The third-order valence-corrected chi connectivity index (χ3v) is 3.54. The second kappa shape index (κ2) is 4.85. The molecule has 0 bridgehead atoms. The summed E-state index contributed by atoms with van der Waals surface area (Å²) in [6, 6.07) is 2.04. The number of nitrogens with two attached hydrogens (primary N) is 1. The van der Waals surface area contributed by atoms with Gasteiger partial charge in [-0.1, -0.05) is 0 Å². The first-order chi connectivity index (χ1) is 8.41. The quantitative estimate of drug-likeness (QED) is 0.946. The second-order valence-corrected chi connectivity index (χ2v) is 5.58. The normalized spacial score (nSPS) is 13.3. The van der Waals surface area contributed by atoms with Crippen LogP contribution in [0, 0.1) is 6.92 Å². The van der Waals surface area contributed by atoms with Gasteiger partial charge in [-0.2, -0.15) is 10.2 Å². The topological polar surface area (TPSA) is 61.7 Å². The van der Waals surface area contributed by atoms with Gasteiger partial charge in [0.15, 0.2) is 0 Å². The van der Waals surface area contributed by atoms with Gasteiger partial charge in [0.1, 0.15) is 0 Å². The largest absolute Gasteiger partial charge is 0.318 e. The van der Waals surface area contributed by atoms with Crippen LogP contribution in [0.15, 0.2) is 16.7 Å². The highest BCUT2D eigenvalue weighted by Crippen LogP contribution is 2.28. The maximum Gasteiger partial charge on any atom is 0.0905 e. The Morgan fingerprint density at radius 2 is 2.06 bits per heavy atom. The molecule has 1 unspecified atom stereocenters. The molecule has 0 aliphatic heterocycles. The van der Waals surface area contributed by atoms with Gasteiger partial charge in [-0.3, -0.25) is 9.36 Å². The molecular weight excluding hydrogens is 294 g/mol. The Morgan fingerprint density at radius 3 is 2.56 bits per heavy atom. The van der Waals surface area contributed by atoms with Crippen molar-refractivity contribution in [1.82, 2.24) is 19.6 Å². The van der Waals surface area contributed by atoms with E-state index in [0.29, 0.717) is 0 Å². The average molecular weight is 312 g/mol. The lowest BCUT2D eigenvalue weighted by Gasteiger charge is -2.17. The molecule has 0 saturated carbocycles. The van der Waals surface area contributed by atoms with Crippen LogP contribution < -0.4 is 5.73 Å². The molecule has 2 rings (SSSR count). The summed E-state index contributed by atoms with van der Waals surface area (Å²) in [6.07, 6.45) is 1.79. The number of hydrogen-bond donors (Lipinski definition) is 1. The third kappa shape index (κ3) is 2.22. The minimum atomic E-state index is -0.240. The molecule has 2 heterocycles. The van der Waals surface area contributed by atoms with Crippen LogP contribution in [0.1, 0.15) is 43.0 Å². The van der Waals surface area contributed by atoms with E-state index in [9.17, 15) is 0 Å². The maximum atomic E-state index is 6.36. The van der Waals surface area contributed by atoms with Crippen molar-refractivity contribution in [2.75, 3.05) is 0 Å². The van der Waals surface area contributed by atoms with E-state index in [1.807, 2.05) is 29.4 Å². The van der Waals surface area contributed by atoms with Gasteiger partial charge < -0.3 is 5.73 Å². The zero-order valence-electron chi connectivity index (χ0n) is 11.1. The van der Waals surface area contributed by atoms with Gasteiger partial charge in [-0.05, 0) is 42.8 Å². The summed E-state index contributed by atoms with van der Waals surface area (Å²) in [5.74, 6) is 0. The van der Waals surface area contributed by atoms with Gasteiger partial charge in [-0.25, -0.2) is 0 Å². The Labute approximate surface area is 115 Å². The molecule has 0 saturated heterocycles. The molecule has 0 radical (unpaired) electrons. The predicted molar refractivity (Wildman–Crippen MR) is 74.3 cm³/mol. The van der Waals surface area contributed by atoms with Gasteiger partial charge in [0.2, 0.25) is 0 Å². The van der Waals surface area contributed by atoms with Crippen LogP contribution in [0.3, 0.4) is 0 Å². The molecule has 2 aromatic rings. The first-order valence-corrected chi connectivity index (χ1v) is 6.70. The van der Waals surface area contributed by atoms with Crippen LogP contribution in [-0.2, 0) is 7.05 Å². The molecule has 2 N–H and O–H groups in total.